The van der Waals surface area contributed by atoms with E-state index in [-0.39, 0.29) is 11.6 Å². The van der Waals surface area contributed by atoms with Gasteiger partial charge in [-0.1, -0.05) is 6.07 Å². The minimum absolute atomic E-state index is 0.0420. The zero-order valence-corrected chi connectivity index (χ0v) is 14.3. The van der Waals surface area contributed by atoms with Crippen LogP contribution in [0.4, 0.5) is 10.1 Å². The number of ether oxygens (including phenoxy) is 1. The Kier molecular flexibility index (Phi) is 4.73. The summed E-state index contributed by atoms with van der Waals surface area (Å²) in [6, 6.07) is 9.80. The standard InChI is InChI=1S/C17H17FN2O4S/c1-24-14-4-2-3-13(10-14)19-17(21)11-5-8-15(18)16(9-11)25(22,23)20-12-6-7-12/h2-5,8-10,12,20H,6-7H2,1H3,(H,19,21). The first kappa shape index (κ1) is 17.4. The Morgan fingerprint density at radius 2 is 1.96 bits per heavy atom. The molecule has 3 rings (SSSR count). The van der Waals surface area contributed by atoms with Crippen LogP contribution in [-0.4, -0.2) is 27.5 Å². The highest BCUT2D eigenvalue weighted by Gasteiger charge is 2.30. The van der Waals surface area contributed by atoms with Crippen molar-refractivity contribution in [2.75, 3.05) is 12.4 Å². The van der Waals surface area contributed by atoms with E-state index in [1.165, 1.54) is 13.2 Å². The van der Waals surface area contributed by atoms with Gasteiger partial charge < -0.3 is 10.1 Å². The fourth-order valence-corrected chi connectivity index (χ4v) is 3.65. The largest absolute Gasteiger partial charge is 0.497 e. The first-order valence-corrected chi connectivity index (χ1v) is 9.14. The molecule has 2 aromatic carbocycles. The maximum Gasteiger partial charge on any atom is 0.255 e. The van der Waals surface area contributed by atoms with Crippen molar-refractivity contribution in [3.63, 3.8) is 0 Å². The monoisotopic (exact) mass is 364 g/mol. The van der Waals surface area contributed by atoms with Crippen molar-refractivity contribution in [1.82, 2.24) is 4.72 Å². The normalized spacial score (nSPS) is 14.2. The Morgan fingerprint density at radius 1 is 1.20 bits per heavy atom. The number of halogens is 1. The number of carbonyl (C=O) groups is 1. The third kappa shape index (κ3) is 4.15. The molecule has 1 aliphatic rings. The molecule has 1 saturated carbocycles. The van der Waals surface area contributed by atoms with Crippen molar-refractivity contribution in [3.05, 3.63) is 53.8 Å². The van der Waals surface area contributed by atoms with E-state index in [2.05, 4.69) is 10.0 Å². The van der Waals surface area contributed by atoms with Crippen LogP contribution in [0.3, 0.4) is 0 Å². The summed E-state index contributed by atoms with van der Waals surface area (Å²) in [5.41, 5.74) is 0.523. The van der Waals surface area contributed by atoms with Gasteiger partial charge in [-0.25, -0.2) is 17.5 Å². The van der Waals surface area contributed by atoms with Gasteiger partial charge in [-0.15, -0.1) is 0 Å². The number of methoxy groups -OCH3 is 1. The van der Waals surface area contributed by atoms with E-state index >= 15 is 0 Å². The second kappa shape index (κ2) is 6.81. The minimum Gasteiger partial charge on any atom is -0.497 e. The minimum atomic E-state index is -3.99. The molecule has 0 heterocycles. The molecule has 0 aliphatic heterocycles. The number of hydrogen-bond donors (Lipinski definition) is 2. The Hall–Kier alpha value is -2.45. The molecule has 8 heteroatoms. The lowest BCUT2D eigenvalue weighted by Gasteiger charge is -2.10. The van der Waals surface area contributed by atoms with Crippen LogP contribution in [0.2, 0.25) is 0 Å². The van der Waals surface area contributed by atoms with E-state index in [1.54, 1.807) is 24.3 Å². The van der Waals surface area contributed by atoms with E-state index in [0.29, 0.717) is 11.4 Å². The molecule has 1 aliphatic carbocycles. The summed E-state index contributed by atoms with van der Waals surface area (Å²) < 4.78 is 45.9. The van der Waals surface area contributed by atoms with Gasteiger partial charge in [-0.2, -0.15) is 0 Å². The van der Waals surface area contributed by atoms with Gasteiger partial charge in [0.25, 0.3) is 5.91 Å². The fourth-order valence-electron chi connectivity index (χ4n) is 2.24. The summed E-state index contributed by atoms with van der Waals surface area (Å²) in [5, 5.41) is 2.63. The van der Waals surface area contributed by atoms with Crippen LogP contribution in [0.1, 0.15) is 23.2 Å². The lowest BCUT2D eigenvalue weighted by atomic mass is 10.2. The van der Waals surface area contributed by atoms with Gasteiger partial charge in [0.2, 0.25) is 10.0 Å². The second-order valence-corrected chi connectivity index (χ2v) is 7.41. The van der Waals surface area contributed by atoms with Crippen LogP contribution < -0.4 is 14.8 Å². The number of amides is 1. The third-order valence-electron chi connectivity index (χ3n) is 3.71. The highest BCUT2D eigenvalue weighted by atomic mass is 32.2. The Bertz CT molecular complexity index is 911. The van der Waals surface area contributed by atoms with Crippen molar-refractivity contribution < 1.29 is 22.3 Å². The van der Waals surface area contributed by atoms with Gasteiger partial charge in [0.05, 0.1) is 7.11 Å². The number of rotatable bonds is 6. The molecule has 0 bridgehead atoms. The summed E-state index contributed by atoms with van der Waals surface area (Å²) in [6.07, 6.45) is 1.47. The Morgan fingerprint density at radius 3 is 2.64 bits per heavy atom. The van der Waals surface area contributed by atoms with Crippen LogP contribution >= 0.6 is 0 Å². The van der Waals surface area contributed by atoms with Crippen molar-refractivity contribution >= 4 is 21.6 Å². The van der Waals surface area contributed by atoms with E-state index in [1.807, 2.05) is 0 Å². The Labute approximate surface area is 145 Å². The molecule has 0 atom stereocenters. The molecule has 132 valence electrons. The van der Waals surface area contributed by atoms with Crippen molar-refractivity contribution in [1.29, 1.82) is 0 Å². The summed E-state index contributed by atoms with van der Waals surface area (Å²) in [5.74, 6) is -0.879. The van der Waals surface area contributed by atoms with E-state index in [4.69, 9.17) is 4.74 Å². The number of hydrogen-bond acceptors (Lipinski definition) is 4. The highest BCUT2D eigenvalue weighted by Crippen LogP contribution is 2.24. The molecule has 25 heavy (non-hydrogen) atoms. The van der Waals surface area contributed by atoms with Crippen LogP contribution in [0.5, 0.6) is 5.75 Å². The average Bonchev–Trinajstić information content (AvgIpc) is 3.38. The maximum atomic E-state index is 14.0. The molecule has 2 aromatic rings. The van der Waals surface area contributed by atoms with Gasteiger partial charge in [0.1, 0.15) is 16.5 Å². The molecule has 0 radical (unpaired) electrons. The number of sulfonamides is 1. The fraction of sp³-hybridized carbons (Fsp3) is 0.235. The number of carbonyl (C=O) groups excluding carboxylic acids is 1. The number of nitrogens with one attached hydrogen (secondary N) is 2. The molecule has 0 aromatic heterocycles. The smallest absolute Gasteiger partial charge is 0.255 e. The molecular formula is C17H17FN2O4S. The molecule has 0 saturated heterocycles. The average molecular weight is 364 g/mol. The molecule has 2 N–H and O–H groups in total. The van der Waals surface area contributed by atoms with Gasteiger partial charge in [-0.3, -0.25) is 4.79 Å². The number of anilines is 1. The zero-order chi connectivity index (χ0) is 18.0. The summed E-state index contributed by atoms with van der Waals surface area (Å²) >= 11 is 0. The first-order valence-electron chi connectivity index (χ1n) is 7.66. The SMILES string of the molecule is COc1cccc(NC(=O)c2ccc(F)c(S(=O)(=O)NC3CC3)c2)c1. The third-order valence-corrected chi connectivity index (χ3v) is 5.25. The summed E-state index contributed by atoms with van der Waals surface area (Å²) in [4.78, 5) is 11.8. The van der Waals surface area contributed by atoms with E-state index in [9.17, 15) is 17.6 Å². The van der Waals surface area contributed by atoms with E-state index < -0.39 is 26.6 Å². The topological polar surface area (TPSA) is 84.5 Å². The van der Waals surface area contributed by atoms with Crippen molar-refractivity contribution in [3.8, 4) is 5.75 Å². The van der Waals surface area contributed by atoms with Gasteiger partial charge in [-0.05, 0) is 43.2 Å². The van der Waals surface area contributed by atoms with E-state index in [0.717, 1.165) is 25.0 Å². The first-order chi connectivity index (χ1) is 11.9. The summed E-state index contributed by atoms with van der Waals surface area (Å²) in [6.45, 7) is 0. The molecule has 0 spiro atoms. The predicted octanol–water partition coefficient (Wildman–Crippen LogP) is 2.53. The lowest BCUT2D eigenvalue weighted by molar-refractivity contribution is 0.102. The molecule has 6 nitrogen and oxygen atoms in total. The predicted molar refractivity (Wildman–Crippen MR) is 90.7 cm³/mol. The molecular weight excluding hydrogens is 347 g/mol. The lowest BCUT2D eigenvalue weighted by Crippen LogP contribution is -2.27. The quantitative estimate of drug-likeness (QED) is 0.825. The van der Waals surface area contributed by atoms with Crippen LogP contribution in [0.25, 0.3) is 0 Å². The summed E-state index contributed by atoms with van der Waals surface area (Å²) in [7, 11) is -2.49. The Balaban J connectivity index is 1.84. The van der Waals surface area contributed by atoms with Gasteiger partial charge in [0, 0.05) is 23.4 Å². The zero-order valence-electron chi connectivity index (χ0n) is 13.5. The number of benzene rings is 2. The molecule has 1 amide bonds. The van der Waals surface area contributed by atoms with Gasteiger partial charge >= 0.3 is 0 Å². The second-order valence-electron chi connectivity index (χ2n) is 5.73. The maximum absolute atomic E-state index is 14.0. The van der Waals surface area contributed by atoms with Crippen LogP contribution in [0, 0.1) is 5.82 Å². The van der Waals surface area contributed by atoms with Crippen molar-refractivity contribution in [2.24, 2.45) is 0 Å². The molecule has 1 fully saturated rings. The van der Waals surface area contributed by atoms with Gasteiger partial charge in [0.15, 0.2) is 0 Å². The highest BCUT2D eigenvalue weighted by molar-refractivity contribution is 7.89. The molecule has 0 unspecified atom stereocenters. The van der Waals surface area contributed by atoms with Crippen LogP contribution in [-0.2, 0) is 10.0 Å². The van der Waals surface area contributed by atoms with Crippen molar-refractivity contribution in [2.45, 2.75) is 23.8 Å². The van der Waals surface area contributed by atoms with Crippen LogP contribution in [0.15, 0.2) is 47.4 Å².